The molecule has 1 atom stereocenters. The molecule has 25 heavy (non-hydrogen) atoms. The minimum absolute atomic E-state index is 0.154. The van der Waals surface area contributed by atoms with Crippen molar-refractivity contribution in [3.8, 4) is 0 Å². The molecule has 2 aliphatic rings. The predicted molar refractivity (Wildman–Crippen MR) is 93.7 cm³/mol. The first-order valence-corrected chi connectivity index (χ1v) is 8.89. The third-order valence-electron chi connectivity index (χ3n) is 3.69. The number of amides is 1. The number of amidine groups is 1. The van der Waals surface area contributed by atoms with Gasteiger partial charge in [-0.25, -0.2) is 14.6 Å². The molecular weight excluding hydrogens is 364 g/mol. The van der Waals surface area contributed by atoms with Crippen molar-refractivity contribution in [1.29, 1.82) is 0 Å². The SMILES string of the molecule is COC(=O)C1=CC(=O)N2C(=NC(C)=C(C(=O)OC)[C@H]2c2cccs2)S1. The van der Waals surface area contributed by atoms with Crippen LogP contribution >= 0.6 is 23.1 Å². The lowest BCUT2D eigenvalue weighted by molar-refractivity contribution is -0.138. The first-order valence-electron chi connectivity index (χ1n) is 7.20. The van der Waals surface area contributed by atoms with E-state index >= 15 is 0 Å². The fourth-order valence-electron chi connectivity index (χ4n) is 2.58. The van der Waals surface area contributed by atoms with Crippen molar-refractivity contribution in [3.63, 3.8) is 0 Å². The van der Waals surface area contributed by atoms with Gasteiger partial charge in [0.1, 0.15) is 10.9 Å². The summed E-state index contributed by atoms with van der Waals surface area (Å²) in [6.07, 6.45) is 1.20. The number of fused-ring (bicyclic) bond motifs is 1. The number of rotatable bonds is 3. The number of methoxy groups -OCH3 is 2. The van der Waals surface area contributed by atoms with Gasteiger partial charge in [0.05, 0.1) is 25.5 Å². The Morgan fingerprint density at radius 1 is 1.24 bits per heavy atom. The lowest BCUT2D eigenvalue weighted by Crippen LogP contribution is -2.44. The summed E-state index contributed by atoms with van der Waals surface area (Å²) in [5.74, 6) is -1.58. The van der Waals surface area contributed by atoms with Crippen LogP contribution in [-0.4, -0.2) is 42.1 Å². The van der Waals surface area contributed by atoms with Crippen LogP contribution in [0.25, 0.3) is 0 Å². The Kier molecular flexibility index (Phi) is 4.78. The van der Waals surface area contributed by atoms with Crippen LogP contribution in [0.1, 0.15) is 17.8 Å². The zero-order chi connectivity index (χ0) is 18.1. The van der Waals surface area contributed by atoms with E-state index < -0.39 is 23.9 Å². The second-order valence-corrected chi connectivity index (χ2v) is 7.10. The molecular formula is C16H14N2O5S2. The van der Waals surface area contributed by atoms with Crippen molar-refractivity contribution in [3.05, 3.63) is 44.6 Å². The van der Waals surface area contributed by atoms with E-state index in [1.165, 1.54) is 36.5 Å². The Labute approximate surface area is 152 Å². The molecule has 0 saturated heterocycles. The van der Waals surface area contributed by atoms with Crippen molar-refractivity contribution in [2.75, 3.05) is 14.2 Å². The molecule has 7 nitrogen and oxygen atoms in total. The molecule has 0 aromatic carbocycles. The molecule has 1 amide bonds. The van der Waals surface area contributed by atoms with Crippen LogP contribution in [0.4, 0.5) is 0 Å². The van der Waals surface area contributed by atoms with Crippen LogP contribution in [0, 0.1) is 0 Å². The van der Waals surface area contributed by atoms with Gasteiger partial charge in [0.15, 0.2) is 5.17 Å². The molecule has 0 bridgehead atoms. The zero-order valence-corrected chi connectivity index (χ0v) is 15.3. The molecule has 130 valence electrons. The van der Waals surface area contributed by atoms with Crippen LogP contribution in [-0.2, 0) is 23.9 Å². The molecule has 3 heterocycles. The van der Waals surface area contributed by atoms with Gasteiger partial charge < -0.3 is 9.47 Å². The van der Waals surface area contributed by atoms with Crippen LogP contribution < -0.4 is 0 Å². The highest BCUT2D eigenvalue weighted by molar-refractivity contribution is 8.18. The number of carbonyl (C=O) groups is 3. The summed E-state index contributed by atoms with van der Waals surface area (Å²) in [4.78, 5) is 43.5. The summed E-state index contributed by atoms with van der Waals surface area (Å²) in [6, 6.07) is 3.04. The summed E-state index contributed by atoms with van der Waals surface area (Å²) >= 11 is 2.46. The van der Waals surface area contributed by atoms with E-state index in [0.717, 1.165) is 16.6 Å². The van der Waals surface area contributed by atoms with Crippen molar-refractivity contribution >= 4 is 46.1 Å². The van der Waals surface area contributed by atoms with Crippen molar-refractivity contribution in [1.82, 2.24) is 4.90 Å². The molecule has 1 aromatic heterocycles. The Bertz CT molecular complexity index is 839. The molecule has 0 saturated carbocycles. The van der Waals surface area contributed by atoms with E-state index in [1.54, 1.807) is 6.92 Å². The second kappa shape index (κ2) is 6.85. The monoisotopic (exact) mass is 378 g/mol. The predicted octanol–water partition coefficient (Wildman–Crippen LogP) is 2.24. The lowest BCUT2D eigenvalue weighted by atomic mass is 10.0. The average molecular weight is 378 g/mol. The average Bonchev–Trinajstić information content (AvgIpc) is 3.13. The molecule has 0 fully saturated rings. The summed E-state index contributed by atoms with van der Waals surface area (Å²) in [7, 11) is 2.54. The molecule has 0 unspecified atom stereocenters. The maximum absolute atomic E-state index is 12.7. The van der Waals surface area contributed by atoms with E-state index in [1.807, 2.05) is 17.5 Å². The molecule has 0 radical (unpaired) electrons. The Hall–Kier alpha value is -2.39. The van der Waals surface area contributed by atoms with E-state index in [-0.39, 0.29) is 4.91 Å². The Morgan fingerprint density at radius 2 is 1.96 bits per heavy atom. The minimum Gasteiger partial charge on any atom is -0.466 e. The summed E-state index contributed by atoms with van der Waals surface area (Å²) in [6.45, 7) is 1.68. The number of carbonyl (C=O) groups excluding carboxylic acids is 3. The molecule has 1 aromatic rings. The van der Waals surface area contributed by atoms with Gasteiger partial charge >= 0.3 is 11.9 Å². The first kappa shape index (κ1) is 17.4. The van der Waals surface area contributed by atoms with Crippen LogP contribution in [0.5, 0.6) is 0 Å². The highest BCUT2D eigenvalue weighted by atomic mass is 32.2. The third-order valence-corrected chi connectivity index (χ3v) is 5.59. The quantitative estimate of drug-likeness (QED) is 0.750. The topological polar surface area (TPSA) is 85.3 Å². The minimum atomic E-state index is -0.643. The number of thiophene rings is 1. The van der Waals surface area contributed by atoms with Crippen LogP contribution in [0.2, 0.25) is 0 Å². The lowest BCUT2D eigenvalue weighted by Gasteiger charge is -2.37. The fraction of sp³-hybridized carbons (Fsp3) is 0.250. The highest BCUT2D eigenvalue weighted by Gasteiger charge is 2.43. The van der Waals surface area contributed by atoms with Gasteiger partial charge in [-0.2, -0.15) is 0 Å². The largest absolute Gasteiger partial charge is 0.466 e. The number of aliphatic imine (C=N–C) groups is 1. The number of hydrogen-bond donors (Lipinski definition) is 0. The Balaban J connectivity index is 2.14. The van der Waals surface area contributed by atoms with E-state index in [0.29, 0.717) is 16.4 Å². The van der Waals surface area contributed by atoms with Gasteiger partial charge in [0.25, 0.3) is 5.91 Å². The van der Waals surface area contributed by atoms with E-state index in [4.69, 9.17) is 4.74 Å². The van der Waals surface area contributed by atoms with Gasteiger partial charge in [-0.05, 0) is 30.1 Å². The summed E-state index contributed by atoms with van der Waals surface area (Å²) in [5.41, 5.74) is 0.750. The van der Waals surface area contributed by atoms with E-state index in [2.05, 4.69) is 9.73 Å². The maximum Gasteiger partial charge on any atom is 0.345 e. The number of thioether (sulfide) groups is 1. The van der Waals surface area contributed by atoms with Gasteiger partial charge in [0.2, 0.25) is 0 Å². The smallest absolute Gasteiger partial charge is 0.345 e. The van der Waals surface area contributed by atoms with Crippen molar-refractivity contribution < 1.29 is 23.9 Å². The summed E-state index contributed by atoms with van der Waals surface area (Å²) < 4.78 is 9.57. The van der Waals surface area contributed by atoms with Gasteiger partial charge in [-0.15, -0.1) is 11.3 Å². The molecule has 0 N–H and O–H groups in total. The molecule has 2 aliphatic heterocycles. The molecule has 0 aliphatic carbocycles. The normalized spacial score (nSPS) is 19.9. The fourth-order valence-corrected chi connectivity index (χ4v) is 4.41. The van der Waals surface area contributed by atoms with Crippen LogP contribution in [0.3, 0.4) is 0 Å². The van der Waals surface area contributed by atoms with Crippen molar-refractivity contribution in [2.45, 2.75) is 13.0 Å². The Morgan fingerprint density at radius 3 is 2.56 bits per heavy atom. The zero-order valence-electron chi connectivity index (χ0n) is 13.6. The number of nitrogens with zero attached hydrogens (tertiary/aromatic N) is 2. The molecule has 0 spiro atoms. The second-order valence-electron chi connectivity index (χ2n) is 5.11. The van der Waals surface area contributed by atoms with Crippen molar-refractivity contribution in [2.24, 2.45) is 4.99 Å². The van der Waals surface area contributed by atoms with Gasteiger partial charge in [-0.3, -0.25) is 9.69 Å². The third kappa shape index (κ3) is 3.00. The van der Waals surface area contributed by atoms with E-state index in [9.17, 15) is 14.4 Å². The van der Waals surface area contributed by atoms with Gasteiger partial charge in [0, 0.05) is 11.0 Å². The van der Waals surface area contributed by atoms with Gasteiger partial charge in [-0.1, -0.05) is 6.07 Å². The number of allylic oxidation sites excluding steroid dienone is 1. The van der Waals surface area contributed by atoms with Crippen LogP contribution in [0.15, 0.2) is 44.8 Å². The standard InChI is InChI=1S/C16H14N2O5S2/c1-8-12(15(21)23-3)13(9-5-4-6-24-9)18-11(19)7-10(14(20)22-2)25-16(18)17-8/h4-7,13H,1-3H3/t13-/m1/s1. The summed E-state index contributed by atoms with van der Waals surface area (Å²) in [5, 5.41) is 2.19. The number of hydrogen-bond acceptors (Lipinski definition) is 8. The molecule has 3 rings (SSSR count). The number of esters is 2. The maximum atomic E-state index is 12.7. The first-order chi connectivity index (χ1) is 12.0. The highest BCUT2D eigenvalue weighted by Crippen LogP contribution is 2.42. The molecule has 9 heteroatoms. The number of ether oxygens (including phenoxy) is 2.